The van der Waals surface area contributed by atoms with Crippen LogP contribution in [0.4, 0.5) is 0 Å². The topological polar surface area (TPSA) is 91.0 Å². The SMILES string of the molecule is Cn1cccc1C(=O)CN1Cc2[nH]c(=O)[nH]c(=O)c2C1. The highest BCUT2D eigenvalue weighted by atomic mass is 16.2. The smallest absolute Gasteiger partial charge is 0.325 e. The monoisotopic (exact) mass is 274 g/mol. The lowest BCUT2D eigenvalue weighted by Gasteiger charge is -2.13. The van der Waals surface area contributed by atoms with Gasteiger partial charge < -0.3 is 9.55 Å². The Balaban J connectivity index is 1.78. The summed E-state index contributed by atoms with van der Waals surface area (Å²) >= 11 is 0. The average Bonchev–Trinajstić information content (AvgIpc) is 2.95. The van der Waals surface area contributed by atoms with E-state index in [1.54, 1.807) is 10.6 Å². The van der Waals surface area contributed by atoms with E-state index >= 15 is 0 Å². The Labute approximate surface area is 113 Å². The Morgan fingerprint density at radius 2 is 2.10 bits per heavy atom. The largest absolute Gasteiger partial charge is 0.348 e. The zero-order valence-electron chi connectivity index (χ0n) is 11.0. The summed E-state index contributed by atoms with van der Waals surface area (Å²) in [6.45, 7) is 0.996. The van der Waals surface area contributed by atoms with Gasteiger partial charge in [-0.2, -0.15) is 0 Å². The Bertz CT molecular complexity index is 783. The van der Waals surface area contributed by atoms with Gasteiger partial charge in [0.15, 0.2) is 5.78 Å². The van der Waals surface area contributed by atoms with Crippen molar-refractivity contribution >= 4 is 5.78 Å². The molecule has 2 N–H and O–H groups in total. The predicted molar refractivity (Wildman–Crippen MR) is 71.5 cm³/mol. The fourth-order valence-electron chi connectivity index (χ4n) is 2.51. The lowest BCUT2D eigenvalue weighted by atomic mass is 10.2. The molecule has 7 heteroatoms. The van der Waals surface area contributed by atoms with E-state index in [-0.39, 0.29) is 17.9 Å². The number of hydrogen-bond donors (Lipinski definition) is 2. The number of H-pyrrole nitrogens is 2. The third-order valence-corrected chi connectivity index (χ3v) is 3.49. The number of fused-ring (bicyclic) bond motifs is 1. The number of rotatable bonds is 3. The normalized spacial score (nSPS) is 14.4. The van der Waals surface area contributed by atoms with Crippen molar-refractivity contribution in [3.05, 3.63) is 56.1 Å². The summed E-state index contributed by atoms with van der Waals surface area (Å²) in [5.41, 5.74) is 0.869. The van der Waals surface area contributed by atoms with Gasteiger partial charge in [-0.3, -0.25) is 19.5 Å². The number of nitrogens with zero attached hydrogens (tertiary/aromatic N) is 2. The number of ketones is 1. The first-order valence-electron chi connectivity index (χ1n) is 6.26. The highest BCUT2D eigenvalue weighted by molar-refractivity contribution is 5.96. The molecule has 0 amide bonds. The molecule has 0 saturated carbocycles. The van der Waals surface area contributed by atoms with E-state index in [2.05, 4.69) is 9.97 Å². The van der Waals surface area contributed by atoms with E-state index in [4.69, 9.17) is 0 Å². The Hall–Kier alpha value is -2.41. The fourth-order valence-corrected chi connectivity index (χ4v) is 2.51. The lowest BCUT2D eigenvalue weighted by Crippen LogP contribution is -2.27. The molecule has 3 heterocycles. The minimum atomic E-state index is -0.510. The summed E-state index contributed by atoms with van der Waals surface area (Å²) in [5.74, 6) is -0.0101. The van der Waals surface area contributed by atoms with Gasteiger partial charge in [0.05, 0.1) is 17.8 Å². The summed E-state index contributed by atoms with van der Waals surface area (Å²) in [4.78, 5) is 41.7. The summed E-state index contributed by atoms with van der Waals surface area (Å²) < 4.78 is 1.76. The molecule has 0 aromatic carbocycles. The maximum atomic E-state index is 12.2. The number of aryl methyl sites for hydroxylation is 1. The van der Waals surface area contributed by atoms with Crippen molar-refractivity contribution in [3.8, 4) is 0 Å². The van der Waals surface area contributed by atoms with Crippen molar-refractivity contribution in [1.29, 1.82) is 0 Å². The van der Waals surface area contributed by atoms with E-state index in [9.17, 15) is 14.4 Å². The van der Waals surface area contributed by atoms with Crippen LogP contribution in [0, 0.1) is 0 Å². The minimum Gasteiger partial charge on any atom is -0.348 e. The number of nitrogens with one attached hydrogen (secondary N) is 2. The van der Waals surface area contributed by atoms with Crippen LogP contribution >= 0.6 is 0 Å². The van der Waals surface area contributed by atoms with Crippen LogP contribution in [-0.4, -0.2) is 31.8 Å². The molecule has 0 fully saturated rings. The van der Waals surface area contributed by atoms with Gasteiger partial charge in [0, 0.05) is 32.0 Å². The van der Waals surface area contributed by atoms with Crippen LogP contribution in [0.15, 0.2) is 27.9 Å². The van der Waals surface area contributed by atoms with E-state index < -0.39 is 5.69 Å². The molecule has 7 nitrogen and oxygen atoms in total. The number of aromatic amines is 2. The first-order valence-corrected chi connectivity index (χ1v) is 6.26. The zero-order chi connectivity index (χ0) is 14.3. The van der Waals surface area contributed by atoms with Crippen molar-refractivity contribution in [2.45, 2.75) is 13.1 Å². The maximum Gasteiger partial charge on any atom is 0.325 e. The van der Waals surface area contributed by atoms with Crippen molar-refractivity contribution in [3.63, 3.8) is 0 Å². The van der Waals surface area contributed by atoms with E-state index in [0.717, 1.165) is 0 Å². The van der Waals surface area contributed by atoms with Crippen LogP contribution in [0.5, 0.6) is 0 Å². The van der Waals surface area contributed by atoms with Crippen LogP contribution in [0.2, 0.25) is 0 Å². The number of carbonyl (C=O) groups excluding carboxylic acids is 1. The molecule has 0 bridgehead atoms. The van der Waals surface area contributed by atoms with E-state index in [0.29, 0.717) is 30.0 Å². The molecule has 2 aromatic heterocycles. The highest BCUT2D eigenvalue weighted by Gasteiger charge is 2.25. The summed E-state index contributed by atoms with van der Waals surface area (Å²) in [6.07, 6.45) is 1.81. The van der Waals surface area contributed by atoms with Gasteiger partial charge in [-0.25, -0.2) is 4.79 Å². The molecule has 0 unspecified atom stereocenters. The van der Waals surface area contributed by atoms with E-state index in [1.807, 2.05) is 24.2 Å². The second-order valence-electron chi connectivity index (χ2n) is 4.94. The molecular formula is C13H14N4O3. The van der Waals surface area contributed by atoms with Crippen LogP contribution < -0.4 is 11.2 Å². The van der Waals surface area contributed by atoms with Gasteiger partial charge in [-0.05, 0) is 12.1 Å². The van der Waals surface area contributed by atoms with Gasteiger partial charge in [0.25, 0.3) is 5.56 Å². The molecule has 3 rings (SSSR count). The molecule has 104 valence electrons. The molecule has 1 aliphatic rings. The van der Waals surface area contributed by atoms with Crippen LogP contribution in [0.3, 0.4) is 0 Å². The third kappa shape index (κ3) is 2.12. The first-order chi connectivity index (χ1) is 9.54. The molecule has 0 radical (unpaired) electrons. The van der Waals surface area contributed by atoms with Crippen molar-refractivity contribution in [2.75, 3.05) is 6.54 Å². The minimum absolute atomic E-state index is 0.0101. The van der Waals surface area contributed by atoms with Crippen LogP contribution in [-0.2, 0) is 20.1 Å². The zero-order valence-corrected chi connectivity index (χ0v) is 11.0. The van der Waals surface area contributed by atoms with Gasteiger partial charge >= 0.3 is 5.69 Å². The van der Waals surface area contributed by atoms with Gasteiger partial charge in [0.2, 0.25) is 0 Å². The number of Topliss-reactive ketones (excluding diaryl/α,β-unsaturated/α-hetero) is 1. The van der Waals surface area contributed by atoms with Gasteiger partial charge in [-0.15, -0.1) is 0 Å². The quantitative estimate of drug-likeness (QED) is 0.745. The lowest BCUT2D eigenvalue weighted by molar-refractivity contribution is 0.0921. The summed E-state index contributed by atoms with van der Waals surface area (Å²) in [7, 11) is 1.81. The molecule has 0 saturated heterocycles. The van der Waals surface area contributed by atoms with Crippen molar-refractivity contribution in [1.82, 2.24) is 19.4 Å². The van der Waals surface area contributed by atoms with Gasteiger partial charge in [0.1, 0.15) is 0 Å². The molecule has 0 aliphatic carbocycles. The standard InChI is InChI=1S/C13H14N4O3/c1-16-4-2-3-10(16)11(18)7-17-5-8-9(6-17)14-13(20)15-12(8)19/h2-4H,5-7H2,1H3,(H2,14,15,19,20). The Morgan fingerprint density at radius 1 is 1.30 bits per heavy atom. The third-order valence-electron chi connectivity index (χ3n) is 3.49. The molecule has 1 aliphatic heterocycles. The Kier molecular flexibility index (Phi) is 2.90. The molecule has 0 atom stereocenters. The molecule has 0 spiro atoms. The fraction of sp³-hybridized carbons (Fsp3) is 0.308. The number of aromatic nitrogens is 3. The summed E-state index contributed by atoms with van der Waals surface area (Å²) in [6, 6.07) is 3.58. The number of carbonyl (C=O) groups is 1. The van der Waals surface area contributed by atoms with Crippen molar-refractivity contribution < 1.29 is 4.79 Å². The molecule has 2 aromatic rings. The second-order valence-corrected chi connectivity index (χ2v) is 4.94. The van der Waals surface area contributed by atoms with Crippen molar-refractivity contribution in [2.24, 2.45) is 7.05 Å². The highest BCUT2D eigenvalue weighted by Crippen LogP contribution is 2.16. The van der Waals surface area contributed by atoms with Gasteiger partial charge in [-0.1, -0.05) is 0 Å². The molecular weight excluding hydrogens is 260 g/mol. The maximum absolute atomic E-state index is 12.2. The first kappa shape index (κ1) is 12.6. The van der Waals surface area contributed by atoms with E-state index in [1.165, 1.54) is 0 Å². The molecule has 20 heavy (non-hydrogen) atoms. The number of hydrogen-bond acceptors (Lipinski definition) is 4. The second kappa shape index (κ2) is 4.61. The van der Waals surface area contributed by atoms with Crippen LogP contribution in [0.1, 0.15) is 21.7 Å². The Morgan fingerprint density at radius 3 is 2.80 bits per heavy atom. The average molecular weight is 274 g/mol. The van der Waals surface area contributed by atoms with Crippen LogP contribution in [0.25, 0.3) is 0 Å². The summed E-state index contributed by atoms with van der Waals surface area (Å²) in [5, 5.41) is 0. The predicted octanol–water partition coefficient (Wildman–Crippen LogP) is -0.400.